The molecule has 0 aliphatic carbocycles. The summed E-state index contributed by atoms with van der Waals surface area (Å²) in [6.45, 7) is 0. The zero-order valence-corrected chi connectivity index (χ0v) is 8.15. The van der Waals surface area contributed by atoms with Crippen LogP contribution in [-0.4, -0.2) is 10.2 Å². The summed E-state index contributed by atoms with van der Waals surface area (Å²) < 4.78 is 0. The molecule has 2 heteroatoms. The highest BCUT2D eigenvalue weighted by Crippen LogP contribution is 2.13. The first-order valence-corrected chi connectivity index (χ1v) is 4.87. The first-order valence-electron chi connectivity index (χ1n) is 3.08. The van der Waals surface area contributed by atoms with Crippen molar-refractivity contribution >= 4 is 21.8 Å². The van der Waals surface area contributed by atoms with Gasteiger partial charge in [-0.25, -0.2) is 0 Å². The van der Waals surface area contributed by atoms with E-state index in [1.165, 1.54) is 15.8 Å². The van der Waals surface area contributed by atoms with Crippen molar-refractivity contribution in [3.05, 3.63) is 34.9 Å². The summed E-state index contributed by atoms with van der Waals surface area (Å²) in [4.78, 5) is 0. The van der Waals surface area contributed by atoms with Crippen LogP contribution in [0.4, 0.5) is 0 Å². The van der Waals surface area contributed by atoms with Crippen LogP contribution in [0.5, 0.6) is 0 Å². The number of benzene rings is 1. The van der Waals surface area contributed by atoms with Gasteiger partial charge < -0.3 is 0 Å². The molecule has 0 nitrogen and oxygen atoms in total. The van der Waals surface area contributed by atoms with Crippen molar-refractivity contribution in [3.8, 4) is 0 Å². The minimum absolute atomic E-state index is 0.910. The zero-order valence-electron chi connectivity index (χ0n) is 5.39. The van der Waals surface area contributed by atoms with E-state index in [1.54, 1.807) is 0 Å². The fourth-order valence-corrected chi connectivity index (χ4v) is 1.90. The molecule has 9 heavy (non-hydrogen) atoms. The summed E-state index contributed by atoms with van der Waals surface area (Å²) in [6.07, 6.45) is 0. The summed E-state index contributed by atoms with van der Waals surface area (Å²) in [5, 5.41) is 0.910. The van der Waals surface area contributed by atoms with Gasteiger partial charge in [0.15, 0.2) is 0 Å². The topological polar surface area (TPSA) is 0 Å². The van der Waals surface area contributed by atoms with Crippen molar-refractivity contribution in [2.45, 2.75) is 6.04 Å². The molecule has 0 aromatic heterocycles. The quantitative estimate of drug-likeness (QED) is 0.537. The van der Waals surface area contributed by atoms with Crippen molar-refractivity contribution in [1.29, 1.82) is 0 Å². The van der Waals surface area contributed by atoms with E-state index in [4.69, 9.17) is 11.6 Å². The van der Waals surface area contributed by atoms with Crippen molar-refractivity contribution in [2.24, 2.45) is 0 Å². The van der Waals surface area contributed by atoms with Crippen molar-refractivity contribution in [2.75, 3.05) is 0 Å². The van der Waals surface area contributed by atoms with Gasteiger partial charge in [-0.05, 0) is 17.7 Å². The second-order valence-corrected chi connectivity index (χ2v) is 3.06. The average molecular weight is 157 g/mol. The van der Waals surface area contributed by atoms with Crippen molar-refractivity contribution in [1.82, 2.24) is 0 Å². The fraction of sp³-hybridized carbons (Fsp3) is 0.143. The third-order valence-electron chi connectivity index (χ3n) is 1.34. The second kappa shape index (κ2) is 3.04. The van der Waals surface area contributed by atoms with E-state index in [0.717, 1.165) is 11.1 Å². The molecule has 0 unspecified atom stereocenters. The van der Waals surface area contributed by atoms with Gasteiger partial charge in [0.2, 0.25) is 0 Å². The molecular formula is C7H9ClSi. The Bertz CT molecular complexity index is 198. The van der Waals surface area contributed by atoms with E-state index in [1.807, 2.05) is 18.2 Å². The molecule has 0 atom stereocenters. The highest BCUT2D eigenvalue weighted by molar-refractivity contribution is 6.31. The largest absolute Gasteiger partial charge is 0.0841 e. The monoisotopic (exact) mass is 156 g/mol. The lowest BCUT2D eigenvalue weighted by molar-refractivity contribution is 1.40. The Kier molecular flexibility index (Phi) is 2.31. The summed E-state index contributed by atoms with van der Waals surface area (Å²) >= 11 is 5.85. The molecule has 1 aromatic rings. The van der Waals surface area contributed by atoms with Crippen LogP contribution in [0.15, 0.2) is 24.3 Å². The summed E-state index contributed by atoms with van der Waals surface area (Å²) in [5.74, 6) is 0. The van der Waals surface area contributed by atoms with E-state index in [9.17, 15) is 0 Å². The molecule has 0 bridgehead atoms. The molecule has 0 saturated heterocycles. The molecule has 0 spiro atoms. The van der Waals surface area contributed by atoms with Gasteiger partial charge in [0, 0.05) is 15.3 Å². The number of halogens is 1. The summed E-state index contributed by atoms with van der Waals surface area (Å²) in [6, 6.07) is 9.16. The van der Waals surface area contributed by atoms with Gasteiger partial charge in [-0.2, -0.15) is 0 Å². The minimum atomic E-state index is 0.910. The number of hydrogen-bond acceptors (Lipinski definition) is 0. The second-order valence-electron chi connectivity index (χ2n) is 1.94. The number of rotatable bonds is 1. The molecule has 0 fully saturated rings. The van der Waals surface area contributed by atoms with E-state index >= 15 is 0 Å². The first kappa shape index (κ1) is 6.84. The maximum Gasteiger partial charge on any atom is 0.0434 e. The van der Waals surface area contributed by atoms with E-state index < -0.39 is 0 Å². The smallest absolute Gasteiger partial charge is 0.0434 e. The third-order valence-corrected chi connectivity index (χ3v) is 2.47. The first-order chi connectivity index (χ1) is 4.34. The molecule has 0 aliphatic heterocycles. The van der Waals surface area contributed by atoms with E-state index in [0.29, 0.717) is 0 Å². The molecule has 0 N–H and O–H groups in total. The SMILES string of the molecule is [SiH3]Cc1ccccc1Cl. The van der Waals surface area contributed by atoms with Crippen LogP contribution in [0.1, 0.15) is 5.56 Å². The Hall–Kier alpha value is -0.273. The van der Waals surface area contributed by atoms with Crippen LogP contribution >= 0.6 is 11.6 Å². The fourth-order valence-electron chi connectivity index (χ4n) is 0.785. The van der Waals surface area contributed by atoms with Gasteiger partial charge in [-0.15, -0.1) is 0 Å². The van der Waals surface area contributed by atoms with Crippen molar-refractivity contribution < 1.29 is 0 Å². The van der Waals surface area contributed by atoms with Crippen LogP contribution in [0.3, 0.4) is 0 Å². The lowest BCUT2D eigenvalue weighted by atomic mass is 10.2. The molecule has 0 aliphatic rings. The number of hydrogen-bond donors (Lipinski definition) is 0. The predicted molar refractivity (Wildman–Crippen MR) is 45.1 cm³/mol. The Morgan fingerprint density at radius 2 is 2.00 bits per heavy atom. The highest BCUT2D eigenvalue weighted by Gasteiger charge is 1.91. The lowest BCUT2D eigenvalue weighted by Crippen LogP contribution is -1.82. The van der Waals surface area contributed by atoms with Crippen LogP contribution in [0, 0.1) is 0 Å². The molecule has 0 radical (unpaired) electrons. The minimum Gasteiger partial charge on any atom is -0.0841 e. The lowest BCUT2D eigenvalue weighted by Gasteiger charge is -1.96. The normalized spacial score (nSPS) is 9.89. The van der Waals surface area contributed by atoms with Gasteiger partial charge in [0.1, 0.15) is 0 Å². The van der Waals surface area contributed by atoms with Crippen LogP contribution in [0.25, 0.3) is 0 Å². The van der Waals surface area contributed by atoms with Crippen LogP contribution < -0.4 is 0 Å². The van der Waals surface area contributed by atoms with Gasteiger partial charge >= 0.3 is 0 Å². The van der Waals surface area contributed by atoms with E-state index in [2.05, 4.69) is 6.07 Å². The molecular weight excluding hydrogens is 148 g/mol. The summed E-state index contributed by atoms with van der Waals surface area (Å²) in [5.41, 5.74) is 1.28. The maximum absolute atomic E-state index is 5.85. The molecule has 1 aromatic carbocycles. The van der Waals surface area contributed by atoms with E-state index in [-0.39, 0.29) is 0 Å². The Labute approximate surface area is 63.3 Å². The van der Waals surface area contributed by atoms with Crippen molar-refractivity contribution in [3.63, 3.8) is 0 Å². The Balaban J connectivity index is 3.01. The highest BCUT2D eigenvalue weighted by atomic mass is 35.5. The molecule has 1 rings (SSSR count). The molecule has 0 heterocycles. The molecule has 0 saturated carbocycles. The Morgan fingerprint density at radius 3 is 2.44 bits per heavy atom. The standard InChI is InChI=1S/C7H9ClSi/c8-7-4-2-1-3-6(7)5-9/h1-4H,5H2,9H3. The van der Waals surface area contributed by atoms with Gasteiger partial charge in [-0.3, -0.25) is 0 Å². The average Bonchev–Trinajstić information content (AvgIpc) is 1.89. The van der Waals surface area contributed by atoms with Gasteiger partial charge in [0.05, 0.1) is 0 Å². The Morgan fingerprint density at radius 1 is 1.33 bits per heavy atom. The molecule has 48 valence electrons. The van der Waals surface area contributed by atoms with Crippen LogP contribution in [0.2, 0.25) is 5.02 Å². The molecule has 0 amide bonds. The zero-order chi connectivity index (χ0) is 6.69. The predicted octanol–water partition coefficient (Wildman–Crippen LogP) is 1.21. The van der Waals surface area contributed by atoms with Gasteiger partial charge in [-0.1, -0.05) is 29.8 Å². The van der Waals surface area contributed by atoms with Crippen LogP contribution in [-0.2, 0) is 6.04 Å². The van der Waals surface area contributed by atoms with Gasteiger partial charge in [0.25, 0.3) is 0 Å². The maximum atomic E-state index is 5.85. The third kappa shape index (κ3) is 1.56. The summed E-state index contributed by atoms with van der Waals surface area (Å²) in [7, 11) is 1.19.